The number of pyridine rings is 1. The first-order valence-corrected chi connectivity index (χ1v) is 11.0. The first-order valence-electron chi connectivity index (χ1n) is 11.0. The number of ether oxygens (including phenoxy) is 1. The van der Waals surface area contributed by atoms with Gasteiger partial charge in [0.05, 0.1) is 16.6 Å². The van der Waals surface area contributed by atoms with Crippen molar-refractivity contribution in [3.8, 4) is 6.07 Å². The Kier molecular flexibility index (Phi) is 4.89. The summed E-state index contributed by atoms with van der Waals surface area (Å²) in [4.78, 5) is 7.50. The van der Waals surface area contributed by atoms with Crippen molar-refractivity contribution in [3.63, 3.8) is 0 Å². The molecule has 2 aliphatic rings. The molecule has 0 amide bonds. The summed E-state index contributed by atoms with van der Waals surface area (Å²) in [6, 6.07) is 10.9. The molecule has 1 aromatic carbocycles. The summed E-state index contributed by atoms with van der Waals surface area (Å²) in [5.74, 6) is 1.67. The Labute approximate surface area is 171 Å². The Morgan fingerprint density at radius 1 is 1.17 bits per heavy atom. The molecule has 0 bridgehead atoms. The molecule has 5 nitrogen and oxygen atoms in total. The van der Waals surface area contributed by atoms with Crippen LogP contribution in [0.4, 0.5) is 5.82 Å². The number of imidazole rings is 1. The van der Waals surface area contributed by atoms with E-state index in [-0.39, 0.29) is 0 Å². The van der Waals surface area contributed by atoms with Gasteiger partial charge in [-0.1, -0.05) is 25.5 Å². The van der Waals surface area contributed by atoms with Crippen LogP contribution in [-0.4, -0.2) is 35.7 Å². The Hall–Kier alpha value is -2.58. The third kappa shape index (κ3) is 2.98. The monoisotopic (exact) mass is 388 g/mol. The number of hydrogen-bond donors (Lipinski definition) is 0. The van der Waals surface area contributed by atoms with E-state index in [1.54, 1.807) is 0 Å². The van der Waals surface area contributed by atoms with Crippen LogP contribution in [0.5, 0.6) is 0 Å². The maximum Gasteiger partial charge on any atom is 0.157 e. The van der Waals surface area contributed by atoms with E-state index in [9.17, 15) is 5.26 Å². The molecule has 2 aromatic heterocycles. The van der Waals surface area contributed by atoms with Gasteiger partial charge in [-0.25, -0.2) is 4.98 Å². The molecule has 150 valence electrons. The van der Waals surface area contributed by atoms with Crippen molar-refractivity contribution in [2.24, 2.45) is 0 Å². The molecule has 5 rings (SSSR count). The summed E-state index contributed by atoms with van der Waals surface area (Å²) < 4.78 is 7.93. The molecular weight excluding hydrogens is 360 g/mol. The van der Waals surface area contributed by atoms with Crippen LogP contribution >= 0.6 is 0 Å². The Morgan fingerprint density at radius 3 is 2.66 bits per heavy atom. The van der Waals surface area contributed by atoms with Crippen molar-refractivity contribution in [2.75, 3.05) is 31.2 Å². The lowest BCUT2D eigenvalue weighted by Gasteiger charge is -2.31. The Balaban J connectivity index is 1.90. The highest BCUT2D eigenvalue weighted by Crippen LogP contribution is 2.41. The van der Waals surface area contributed by atoms with Crippen molar-refractivity contribution in [2.45, 2.75) is 51.4 Å². The molecule has 2 saturated heterocycles. The minimum absolute atomic E-state index is 0.381. The van der Waals surface area contributed by atoms with E-state index in [4.69, 9.17) is 9.72 Å². The van der Waals surface area contributed by atoms with E-state index in [1.165, 1.54) is 29.8 Å². The molecule has 4 heterocycles. The number of para-hydroxylation sites is 2. The SMILES string of the molecule is CCCc1c(C2CCOCC2)c(C#N)c2nc3ccccc3n2c1N1CCCC1. The summed E-state index contributed by atoms with van der Waals surface area (Å²) in [5.41, 5.74) is 6.31. The molecule has 3 aromatic rings. The van der Waals surface area contributed by atoms with Gasteiger partial charge in [0, 0.05) is 26.3 Å². The van der Waals surface area contributed by atoms with Crippen molar-refractivity contribution in [1.82, 2.24) is 9.38 Å². The van der Waals surface area contributed by atoms with E-state index < -0.39 is 0 Å². The number of aromatic nitrogens is 2. The van der Waals surface area contributed by atoms with Crippen molar-refractivity contribution < 1.29 is 4.74 Å². The molecule has 2 fully saturated rings. The fraction of sp³-hybridized carbons (Fsp3) is 0.500. The number of benzene rings is 1. The first kappa shape index (κ1) is 18.4. The zero-order chi connectivity index (χ0) is 19.8. The maximum absolute atomic E-state index is 10.3. The van der Waals surface area contributed by atoms with Gasteiger partial charge >= 0.3 is 0 Å². The lowest BCUT2D eigenvalue weighted by molar-refractivity contribution is 0.0851. The number of nitriles is 1. The molecule has 0 spiro atoms. The average Bonchev–Trinajstić information content (AvgIpc) is 3.42. The van der Waals surface area contributed by atoms with Gasteiger partial charge < -0.3 is 9.64 Å². The maximum atomic E-state index is 10.3. The highest BCUT2D eigenvalue weighted by molar-refractivity contribution is 5.86. The molecule has 29 heavy (non-hydrogen) atoms. The normalized spacial score (nSPS) is 18.0. The lowest BCUT2D eigenvalue weighted by atomic mass is 9.84. The van der Waals surface area contributed by atoms with Crippen molar-refractivity contribution >= 4 is 22.5 Å². The third-order valence-electron chi connectivity index (χ3n) is 6.51. The van der Waals surface area contributed by atoms with Gasteiger partial charge in [-0.3, -0.25) is 4.40 Å². The standard InChI is InChI=1S/C24H28N4O/c1-2-7-18-22(17-10-14-29-15-11-17)19(16-25)23-26-20-8-3-4-9-21(20)28(23)24(18)27-12-5-6-13-27/h3-4,8-9,17H,2,5-7,10-15H2,1H3. The molecule has 0 atom stereocenters. The fourth-order valence-electron chi connectivity index (χ4n) is 5.24. The summed E-state index contributed by atoms with van der Waals surface area (Å²) in [6.45, 7) is 5.96. The van der Waals surface area contributed by atoms with Crippen molar-refractivity contribution in [3.05, 3.63) is 41.0 Å². The summed E-state index contributed by atoms with van der Waals surface area (Å²) in [5, 5.41) is 10.3. The molecule has 5 heteroatoms. The predicted molar refractivity (Wildman–Crippen MR) is 116 cm³/mol. The average molecular weight is 389 g/mol. The summed E-state index contributed by atoms with van der Waals surface area (Å²) >= 11 is 0. The quantitative estimate of drug-likeness (QED) is 0.644. The molecule has 0 N–H and O–H groups in total. The number of fused-ring (bicyclic) bond motifs is 3. The van der Waals surface area contributed by atoms with Gasteiger partial charge in [-0.05, 0) is 61.3 Å². The van der Waals surface area contributed by atoms with Crippen LogP contribution < -0.4 is 4.90 Å². The van der Waals surface area contributed by atoms with Crippen LogP contribution in [0.3, 0.4) is 0 Å². The minimum Gasteiger partial charge on any atom is -0.381 e. The van der Waals surface area contributed by atoms with Crippen LogP contribution in [0.1, 0.15) is 61.6 Å². The first-order chi connectivity index (χ1) is 14.3. The van der Waals surface area contributed by atoms with Crippen LogP contribution in [0.15, 0.2) is 24.3 Å². The molecule has 0 unspecified atom stereocenters. The van der Waals surface area contributed by atoms with Gasteiger partial charge in [-0.15, -0.1) is 0 Å². The highest BCUT2D eigenvalue weighted by Gasteiger charge is 2.31. The molecule has 0 aliphatic carbocycles. The third-order valence-corrected chi connectivity index (χ3v) is 6.51. The lowest BCUT2D eigenvalue weighted by Crippen LogP contribution is -2.25. The second-order valence-electron chi connectivity index (χ2n) is 8.29. The fourth-order valence-corrected chi connectivity index (χ4v) is 5.24. The number of rotatable bonds is 4. The van der Waals surface area contributed by atoms with Crippen LogP contribution in [0.2, 0.25) is 0 Å². The van der Waals surface area contributed by atoms with E-state index in [0.29, 0.717) is 5.92 Å². The van der Waals surface area contributed by atoms with E-state index in [0.717, 1.165) is 74.2 Å². The zero-order valence-corrected chi connectivity index (χ0v) is 17.2. The van der Waals surface area contributed by atoms with Crippen LogP contribution in [-0.2, 0) is 11.2 Å². The number of anilines is 1. The summed E-state index contributed by atoms with van der Waals surface area (Å²) in [7, 11) is 0. The Bertz CT molecular complexity index is 1080. The van der Waals surface area contributed by atoms with Crippen LogP contribution in [0, 0.1) is 11.3 Å². The predicted octanol–water partition coefficient (Wildman–Crippen LogP) is 4.81. The van der Waals surface area contributed by atoms with E-state index in [2.05, 4.69) is 40.5 Å². The van der Waals surface area contributed by atoms with E-state index >= 15 is 0 Å². The highest BCUT2D eigenvalue weighted by atomic mass is 16.5. The van der Waals surface area contributed by atoms with Gasteiger partial charge in [0.2, 0.25) is 0 Å². The molecular formula is C24H28N4O. The van der Waals surface area contributed by atoms with E-state index in [1.807, 2.05) is 6.07 Å². The Morgan fingerprint density at radius 2 is 1.93 bits per heavy atom. The zero-order valence-electron chi connectivity index (χ0n) is 17.2. The van der Waals surface area contributed by atoms with Gasteiger partial charge in [0.15, 0.2) is 5.65 Å². The number of nitrogens with zero attached hydrogens (tertiary/aromatic N) is 4. The van der Waals surface area contributed by atoms with Gasteiger partial charge in [0.1, 0.15) is 11.9 Å². The number of hydrogen-bond acceptors (Lipinski definition) is 4. The molecule has 2 aliphatic heterocycles. The molecule has 0 radical (unpaired) electrons. The van der Waals surface area contributed by atoms with Gasteiger partial charge in [-0.2, -0.15) is 5.26 Å². The minimum atomic E-state index is 0.381. The topological polar surface area (TPSA) is 53.6 Å². The second-order valence-corrected chi connectivity index (χ2v) is 8.29. The second kappa shape index (κ2) is 7.68. The largest absolute Gasteiger partial charge is 0.381 e. The molecule has 0 saturated carbocycles. The van der Waals surface area contributed by atoms with Gasteiger partial charge in [0.25, 0.3) is 0 Å². The van der Waals surface area contributed by atoms with Crippen LogP contribution in [0.25, 0.3) is 16.7 Å². The van der Waals surface area contributed by atoms with Crippen molar-refractivity contribution in [1.29, 1.82) is 5.26 Å². The summed E-state index contributed by atoms with van der Waals surface area (Å²) in [6.07, 6.45) is 6.50. The smallest absolute Gasteiger partial charge is 0.157 e.